The third kappa shape index (κ3) is 8.91. The highest BCUT2D eigenvalue weighted by Gasteiger charge is 2.69. The van der Waals surface area contributed by atoms with Crippen molar-refractivity contribution in [3.63, 3.8) is 0 Å². The molecule has 2 fully saturated rings. The van der Waals surface area contributed by atoms with Crippen LogP contribution in [-0.4, -0.2) is 114 Å². The number of aliphatic hydroxyl groups is 2. The van der Waals surface area contributed by atoms with Gasteiger partial charge in [-0.25, -0.2) is 9.59 Å². The summed E-state index contributed by atoms with van der Waals surface area (Å²) in [5.74, 6) is -6.94. The fraction of sp³-hybridized carbons (Fsp3) is 0.529. The van der Waals surface area contributed by atoms with Gasteiger partial charge in [-0.15, -0.1) is 0 Å². The normalized spacial score (nSPS) is 32.7. The predicted octanol–water partition coefficient (Wildman–Crippen LogP) is 0.627. The van der Waals surface area contributed by atoms with Crippen molar-refractivity contribution in [3.8, 4) is 0 Å². The van der Waals surface area contributed by atoms with Gasteiger partial charge < -0.3 is 52.8 Å². The molecular formula is C34H40O17. The monoisotopic (exact) mass is 720 g/mol. The zero-order chi connectivity index (χ0) is 37.7. The number of methoxy groups -OCH3 is 1. The third-order valence-electron chi connectivity index (χ3n) is 8.44. The van der Waals surface area contributed by atoms with E-state index < -0.39 is 115 Å². The fourth-order valence-electron chi connectivity index (χ4n) is 6.34. The SMILES string of the molecule is COC(=O)C1=CO[C@@H](O[C@H]2O[C@@H](COC(C)=O)[C@H](OC(C)=O)[C@@H](OC(C)=O)[C@@H]2OC(C)=O)[C@@H]2[C@@](C)(O)[C@@H](OC(=O)/C=C/c3ccccc3)C[C@]12O. The van der Waals surface area contributed by atoms with Gasteiger partial charge in [-0.1, -0.05) is 30.3 Å². The highest BCUT2D eigenvalue weighted by atomic mass is 16.8. The lowest BCUT2D eigenvalue weighted by atomic mass is 9.77. The summed E-state index contributed by atoms with van der Waals surface area (Å²) in [6, 6.07) is 8.81. The summed E-state index contributed by atoms with van der Waals surface area (Å²) in [6.07, 6.45) is -8.28. The van der Waals surface area contributed by atoms with Gasteiger partial charge in [0, 0.05) is 40.2 Å². The second kappa shape index (κ2) is 16.0. The van der Waals surface area contributed by atoms with Crippen molar-refractivity contribution in [1.82, 2.24) is 0 Å². The van der Waals surface area contributed by atoms with E-state index in [2.05, 4.69) is 0 Å². The molecule has 0 bridgehead atoms. The quantitative estimate of drug-likeness (QED) is 0.182. The van der Waals surface area contributed by atoms with Crippen molar-refractivity contribution in [2.24, 2.45) is 5.92 Å². The highest BCUT2D eigenvalue weighted by Crippen LogP contribution is 2.53. The van der Waals surface area contributed by atoms with Gasteiger partial charge in [-0.3, -0.25) is 19.2 Å². The molecule has 10 atom stereocenters. The molecule has 1 aliphatic carbocycles. The minimum Gasteiger partial charge on any atom is -0.471 e. The first-order chi connectivity index (χ1) is 24.0. The summed E-state index contributed by atoms with van der Waals surface area (Å²) >= 11 is 0. The zero-order valence-corrected chi connectivity index (χ0v) is 28.7. The first-order valence-corrected chi connectivity index (χ1v) is 15.8. The maximum Gasteiger partial charge on any atom is 0.339 e. The maximum absolute atomic E-state index is 12.9. The molecule has 1 aromatic carbocycles. The lowest BCUT2D eigenvalue weighted by molar-refractivity contribution is -0.353. The Labute approximate surface area is 292 Å². The minimum atomic E-state index is -2.31. The summed E-state index contributed by atoms with van der Waals surface area (Å²) < 4.78 is 49.6. The molecule has 0 amide bonds. The Morgan fingerprint density at radius 3 is 2.04 bits per heavy atom. The van der Waals surface area contributed by atoms with Crippen LogP contribution in [0.2, 0.25) is 0 Å². The number of esters is 6. The van der Waals surface area contributed by atoms with E-state index in [4.69, 9.17) is 42.6 Å². The van der Waals surface area contributed by atoms with Crippen molar-refractivity contribution in [1.29, 1.82) is 0 Å². The molecule has 1 aromatic rings. The van der Waals surface area contributed by atoms with E-state index >= 15 is 0 Å². The number of hydrogen-bond acceptors (Lipinski definition) is 17. The van der Waals surface area contributed by atoms with E-state index in [0.29, 0.717) is 5.56 Å². The minimum absolute atomic E-state index is 0.435. The van der Waals surface area contributed by atoms with Gasteiger partial charge in [-0.2, -0.15) is 0 Å². The summed E-state index contributed by atoms with van der Waals surface area (Å²) in [7, 11) is 1.06. The van der Waals surface area contributed by atoms with Crippen LogP contribution in [-0.2, 0) is 71.4 Å². The molecule has 2 heterocycles. The van der Waals surface area contributed by atoms with E-state index in [9.17, 15) is 39.0 Å². The first kappa shape index (κ1) is 39.0. The summed E-state index contributed by atoms with van der Waals surface area (Å²) in [5, 5.41) is 24.0. The average Bonchev–Trinajstić information content (AvgIpc) is 3.25. The van der Waals surface area contributed by atoms with Gasteiger partial charge in [0.05, 0.1) is 19.3 Å². The molecule has 0 unspecified atom stereocenters. The maximum atomic E-state index is 12.9. The second-order valence-corrected chi connectivity index (χ2v) is 12.2. The number of carbonyl (C=O) groups is 6. The van der Waals surface area contributed by atoms with Gasteiger partial charge in [-0.05, 0) is 18.6 Å². The van der Waals surface area contributed by atoms with E-state index in [1.54, 1.807) is 30.3 Å². The van der Waals surface area contributed by atoms with Gasteiger partial charge >= 0.3 is 35.8 Å². The van der Waals surface area contributed by atoms with Crippen molar-refractivity contribution < 1.29 is 81.6 Å². The van der Waals surface area contributed by atoms with Crippen molar-refractivity contribution in [2.45, 2.75) is 95.3 Å². The lowest BCUT2D eigenvalue weighted by Crippen LogP contribution is -2.65. The third-order valence-corrected chi connectivity index (χ3v) is 8.44. The van der Waals surface area contributed by atoms with Crippen LogP contribution in [0.25, 0.3) is 6.08 Å². The van der Waals surface area contributed by atoms with Crippen LogP contribution in [0.15, 0.2) is 48.2 Å². The van der Waals surface area contributed by atoms with Crippen molar-refractivity contribution in [2.75, 3.05) is 13.7 Å². The van der Waals surface area contributed by atoms with Crippen molar-refractivity contribution in [3.05, 3.63) is 53.8 Å². The number of ether oxygens (including phenoxy) is 9. The molecule has 0 aromatic heterocycles. The molecule has 2 aliphatic heterocycles. The molecular weight excluding hydrogens is 680 g/mol. The Morgan fingerprint density at radius 2 is 1.45 bits per heavy atom. The Hall–Kier alpha value is -4.84. The summed E-state index contributed by atoms with van der Waals surface area (Å²) in [6.45, 7) is 4.89. The molecule has 4 rings (SSSR count). The molecule has 1 saturated heterocycles. The Morgan fingerprint density at radius 1 is 0.843 bits per heavy atom. The molecule has 1 saturated carbocycles. The molecule has 3 aliphatic rings. The van der Waals surface area contributed by atoms with Crippen LogP contribution >= 0.6 is 0 Å². The molecule has 51 heavy (non-hydrogen) atoms. The van der Waals surface area contributed by atoms with Gasteiger partial charge in [0.2, 0.25) is 12.6 Å². The standard InChI is InChI=1S/C34H40O17/c1-17(35)44-16-23-26(46-18(2)36)27(47-19(3)37)28(48-20(4)38)31(49-23)51-32-29-33(5,41)24(14-34(29,42)22(15-45-32)30(40)43-6)50-25(39)13-12-21-10-8-7-9-11-21/h7-13,15,23-24,26-29,31-32,41-42H,14,16H2,1-6H3/b13-12+/t23-,24-,26-,27+,28-,29+,31+,32-,33-,34-/m0/s1. The van der Waals surface area contributed by atoms with E-state index in [0.717, 1.165) is 47.1 Å². The second-order valence-electron chi connectivity index (χ2n) is 12.2. The molecule has 17 heteroatoms. The topological polar surface area (TPSA) is 226 Å². The van der Waals surface area contributed by atoms with Gasteiger partial charge in [0.1, 0.15) is 35.6 Å². The van der Waals surface area contributed by atoms with Gasteiger partial charge in [0.15, 0.2) is 18.3 Å². The zero-order valence-electron chi connectivity index (χ0n) is 28.7. The predicted molar refractivity (Wildman–Crippen MR) is 167 cm³/mol. The fourth-order valence-corrected chi connectivity index (χ4v) is 6.34. The van der Waals surface area contributed by atoms with Crippen LogP contribution < -0.4 is 0 Å². The number of hydrogen-bond donors (Lipinski definition) is 2. The molecule has 278 valence electrons. The average molecular weight is 721 g/mol. The Kier molecular flexibility index (Phi) is 12.2. The highest BCUT2D eigenvalue weighted by molar-refractivity contribution is 5.91. The first-order valence-electron chi connectivity index (χ1n) is 15.8. The molecule has 0 radical (unpaired) electrons. The van der Waals surface area contributed by atoms with E-state index in [-0.39, 0.29) is 0 Å². The number of fused-ring (bicyclic) bond motifs is 1. The van der Waals surface area contributed by atoms with Crippen LogP contribution in [0.1, 0.15) is 46.6 Å². The smallest absolute Gasteiger partial charge is 0.339 e. The molecule has 17 nitrogen and oxygen atoms in total. The lowest BCUT2D eigenvalue weighted by Gasteiger charge is -2.47. The van der Waals surface area contributed by atoms with Crippen LogP contribution in [0.3, 0.4) is 0 Å². The largest absolute Gasteiger partial charge is 0.471 e. The summed E-state index contributed by atoms with van der Waals surface area (Å²) in [4.78, 5) is 74.1. The molecule has 0 spiro atoms. The van der Waals surface area contributed by atoms with E-state index in [1.165, 1.54) is 13.0 Å². The number of carbonyl (C=O) groups excluding carboxylic acids is 6. The molecule has 2 N–H and O–H groups in total. The Bertz CT molecular complexity index is 1550. The Balaban J connectivity index is 1.72. The number of rotatable bonds is 11. The number of benzene rings is 1. The van der Waals surface area contributed by atoms with E-state index in [1.807, 2.05) is 0 Å². The van der Waals surface area contributed by atoms with Gasteiger partial charge in [0.25, 0.3) is 0 Å². The van der Waals surface area contributed by atoms with Crippen LogP contribution in [0.5, 0.6) is 0 Å². The van der Waals surface area contributed by atoms with Crippen molar-refractivity contribution >= 4 is 41.9 Å². The van der Waals surface area contributed by atoms with Crippen LogP contribution in [0, 0.1) is 5.92 Å². The van der Waals surface area contributed by atoms with Crippen LogP contribution in [0.4, 0.5) is 0 Å². The summed E-state index contributed by atoms with van der Waals surface area (Å²) in [5.41, 5.74) is -4.26.